The Hall–Kier alpha value is -2.94. The van der Waals surface area contributed by atoms with Gasteiger partial charge in [-0.2, -0.15) is 13.2 Å². The molecule has 3 N–H and O–H groups in total. The van der Waals surface area contributed by atoms with E-state index in [1.807, 2.05) is 0 Å². The van der Waals surface area contributed by atoms with E-state index in [-0.39, 0.29) is 17.8 Å². The van der Waals surface area contributed by atoms with Crippen LogP contribution in [-0.4, -0.2) is 31.9 Å². The number of anilines is 1. The van der Waals surface area contributed by atoms with Crippen LogP contribution in [0.2, 0.25) is 0 Å². The molecule has 1 atom stereocenters. The number of nitrogens with zero attached hydrogens (tertiary/aromatic N) is 3. The standard InChI is InChI=1S/C18H17F3N4O2/c1-10-3-4-11(17(2,27)18(19,20)21)7-13(10)14-8-23-16-15(22)24-12(5-6-26)9-25(14)16/h3-4,6-9,27H,5H2,1-2H3,(H2,22,24). The Morgan fingerprint density at radius 3 is 2.67 bits per heavy atom. The normalized spacial score (nSPS) is 14.3. The van der Waals surface area contributed by atoms with Gasteiger partial charge in [-0.25, -0.2) is 9.97 Å². The fourth-order valence-electron chi connectivity index (χ4n) is 2.81. The molecule has 9 heteroatoms. The topological polar surface area (TPSA) is 93.5 Å². The average Bonchev–Trinajstić information content (AvgIpc) is 2.98. The Balaban J connectivity index is 2.22. The molecule has 0 amide bonds. The number of aryl methyl sites for hydroxylation is 1. The van der Waals surface area contributed by atoms with Crippen LogP contribution in [0.1, 0.15) is 23.7 Å². The van der Waals surface area contributed by atoms with Crippen LogP contribution in [0.3, 0.4) is 0 Å². The highest BCUT2D eigenvalue weighted by Gasteiger charge is 2.51. The van der Waals surface area contributed by atoms with Crippen LogP contribution < -0.4 is 5.73 Å². The van der Waals surface area contributed by atoms with E-state index >= 15 is 0 Å². The van der Waals surface area contributed by atoms with E-state index in [1.54, 1.807) is 17.5 Å². The fourth-order valence-corrected chi connectivity index (χ4v) is 2.81. The van der Waals surface area contributed by atoms with Crippen molar-refractivity contribution in [3.63, 3.8) is 0 Å². The monoisotopic (exact) mass is 378 g/mol. The molecule has 0 aliphatic carbocycles. The van der Waals surface area contributed by atoms with Gasteiger partial charge in [-0.15, -0.1) is 0 Å². The van der Waals surface area contributed by atoms with Gasteiger partial charge in [0.2, 0.25) is 0 Å². The van der Waals surface area contributed by atoms with E-state index in [0.29, 0.717) is 41.4 Å². The van der Waals surface area contributed by atoms with Crippen molar-refractivity contribution in [3.05, 3.63) is 47.4 Å². The molecule has 27 heavy (non-hydrogen) atoms. The molecule has 0 fully saturated rings. The molecule has 0 spiro atoms. The summed E-state index contributed by atoms with van der Waals surface area (Å²) in [7, 11) is 0. The largest absolute Gasteiger partial charge is 0.421 e. The zero-order chi connectivity index (χ0) is 20.0. The number of nitrogens with two attached hydrogens (primary N) is 1. The van der Waals surface area contributed by atoms with Gasteiger partial charge < -0.3 is 15.6 Å². The summed E-state index contributed by atoms with van der Waals surface area (Å²) in [6.45, 7) is 2.44. The summed E-state index contributed by atoms with van der Waals surface area (Å²) >= 11 is 0. The molecule has 142 valence electrons. The molecular weight excluding hydrogens is 361 g/mol. The predicted molar refractivity (Wildman–Crippen MR) is 93.0 cm³/mol. The number of carbonyl (C=O) groups is 1. The summed E-state index contributed by atoms with van der Waals surface area (Å²) in [5, 5.41) is 9.99. The van der Waals surface area contributed by atoms with Gasteiger partial charge in [0.15, 0.2) is 17.1 Å². The molecule has 0 saturated heterocycles. The highest BCUT2D eigenvalue weighted by Crippen LogP contribution is 2.40. The maximum absolute atomic E-state index is 13.2. The van der Waals surface area contributed by atoms with Gasteiger partial charge >= 0.3 is 6.18 Å². The van der Waals surface area contributed by atoms with Crippen molar-refractivity contribution in [2.75, 3.05) is 5.73 Å². The number of aliphatic hydroxyl groups is 1. The summed E-state index contributed by atoms with van der Waals surface area (Å²) in [5.41, 5.74) is 4.93. The van der Waals surface area contributed by atoms with Gasteiger partial charge in [-0.05, 0) is 31.0 Å². The lowest BCUT2D eigenvalue weighted by molar-refractivity contribution is -0.258. The number of aromatic nitrogens is 3. The van der Waals surface area contributed by atoms with Crippen molar-refractivity contribution >= 4 is 17.8 Å². The third-order valence-corrected chi connectivity index (χ3v) is 4.49. The number of alkyl halides is 3. The number of carbonyl (C=O) groups excluding carboxylic acids is 1. The van der Waals surface area contributed by atoms with Gasteiger partial charge in [0, 0.05) is 18.2 Å². The Morgan fingerprint density at radius 2 is 2.04 bits per heavy atom. The lowest BCUT2D eigenvalue weighted by atomic mass is 9.91. The third kappa shape index (κ3) is 3.14. The summed E-state index contributed by atoms with van der Waals surface area (Å²) in [5.74, 6) is 0.108. The molecular formula is C18H17F3N4O2. The Morgan fingerprint density at radius 1 is 1.33 bits per heavy atom. The number of imidazole rings is 1. The molecule has 0 aliphatic rings. The van der Waals surface area contributed by atoms with E-state index in [0.717, 1.165) is 0 Å². The summed E-state index contributed by atoms with van der Waals surface area (Å²) in [4.78, 5) is 19.0. The average molecular weight is 378 g/mol. The van der Waals surface area contributed by atoms with E-state index < -0.39 is 11.8 Å². The zero-order valence-electron chi connectivity index (χ0n) is 14.6. The minimum atomic E-state index is -4.83. The molecule has 0 saturated carbocycles. The van der Waals surface area contributed by atoms with Crippen LogP contribution in [0.25, 0.3) is 16.9 Å². The fraction of sp³-hybridized carbons (Fsp3) is 0.278. The van der Waals surface area contributed by atoms with E-state index in [2.05, 4.69) is 9.97 Å². The number of hydrogen-bond acceptors (Lipinski definition) is 5. The predicted octanol–water partition coefficient (Wildman–Crippen LogP) is 2.80. The maximum atomic E-state index is 13.2. The lowest BCUT2D eigenvalue weighted by Crippen LogP contribution is -2.39. The van der Waals surface area contributed by atoms with Gasteiger partial charge in [-0.1, -0.05) is 12.1 Å². The van der Waals surface area contributed by atoms with E-state index in [4.69, 9.17) is 5.73 Å². The van der Waals surface area contributed by atoms with Crippen molar-refractivity contribution in [2.45, 2.75) is 32.0 Å². The molecule has 1 aromatic carbocycles. The van der Waals surface area contributed by atoms with Crippen LogP contribution in [0, 0.1) is 6.92 Å². The Labute approximate surface area is 152 Å². The van der Waals surface area contributed by atoms with Gasteiger partial charge in [-0.3, -0.25) is 4.40 Å². The number of fused-ring (bicyclic) bond motifs is 1. The maximum Gasteiger partial charge on any atom is 0.421 e. The number of benzene rings is 1. The second-order valence-electron chi connectivity index (χ2n) is 6.42. The molecule has 2 heterocycles. The van der Waals surface area contributed by atoms with Crippen molar-refractivity contribution in [1.82, 2.24) is 14.4 Å². The Kier molecular flexibility index (Phi) is 4.43. The van der Waals surface area contributed by atoms with Gasteiger partial charge in [0.05, 0.1) is 17.6 Å². The summed E-state index contributed by atoms with van der Waals surface area (Å²) in [6.07, 6.45) is -1.08. The minimum Gasteiger partial charge on any atom is -0.381 e. The molecule has 1 unspecified atom stereocenters. The molecule has 6 nitrogen and oxygen atoms in total. The van der Waals surface area contributed by atoms with Crippen LogP contribution in [0.5, 0.6) is 0 Å². The zero-order valence-corrected chi connectivity index (χ0v) is 14.6. The second kappa shape index (κ2) is 6.34. The molecule has 3 aromatic rings. The number of nitrogen functional groups attached to an aromatic ring is 1. The first-order chi connectivity index (χ1) is 12.6. The second-order valence-corrected chi connectivity index (χ2v) is 6.42. The van der Waals surface area contributed by atoms with Crippen molar-refractivity contribution < 1.29 is 23.1 Å². The Bertz CT molecular complexity index is 1030. The first-order valence-electron chi connectivity index (χ1n) is 8.03. The minimum absolute atomic E-state index is 0.0412. The smallest absolute Gasteiger partial charge is 0.381 e. The van der Waals surface area contributed by atoms with E-state index in [1.165, 1.54) is 24.4 Å². The van der Waals surface area contributed by atoms with Gasteiger partial charge in [0.25, 0.3) is 0 Å². The highest BCUT2D eigenvalue weighted by molar-refractivity contribution is 5.72. The lowest BCUT2D eigenvalue weighted by Gasteiger charge is -2.27. The molecule has 0 radical (unpaired) electrons. The first-order valence-corrected chi connectivity index (χ1v) is 8.03. The van der Waals surface area contributed by atoms with Crippen LogP contribution in [-0.2, 0) is 16.8 Å². The quantitative estimate of drug-likeness (QED) is 0.681. The number of halogens is 3. The molecule has 0 bridgehead atoms. The molecule has 2 aromatic heterocycles. The summed E-state index contributed by atoms with van der Waals surface area (Å²) in [6, 6.07) is 4.02. The van der Waals surface area contributed by atoms with E-state index in [9.17, 15) is 23.1 Å². The van der Waals surface area contributed by atoms with Crippen LogP contribution in [0.4, 0.5) is 19.0 Å². The number of aldehydes is 1. The highest BCUT2D eigenvalue weighted by atomic mass is 19.4. The number of hydrogen-bond donors (Lipinski definition) is 2. The van der Waals surface area contributed by atoms with Crippen LogP contribution >= 0.6 is 0 Å². The van der Waals surface area contributed by atoms with Crippen molar-refractivity contribution in [3.8, 4) is 11.3 Å². The SMILES string of the molecule is Cc1ccc(C(C)(O)C(F)(F)F)cc1-c1cnc2c(N)nc(CC=O)cn12. The van der Waals surface area contributed by atoms with Crippen LogP contribution in [0.15, 0.2) is 30.6 Å². The molecule has 0 aliphatic heterocycles. The van der Waals surface area contributed by atoms with Crippen molar-refractivity contribution in [1.29, 1.82) is 0 Å². The van der Waals surface area contributed by atoms with Gasteiger partial charge in [0.1, 0.15) is 6.29 Å². The van der Waals surface area contributed by atoms with Crippen molar-refractivity contribution in [2.24, 2.45) is 0 Å². The third-order valence-electron chi connectivity index (χ3n) is 4.49. The number of rotatable bonds is 4. The molecule has 3 rings (SSSR count). The summed E-state index contributed by atoms with van der Waals surface area (Å²) < 4.78 is 41.2. The first kappa shape index (κ1) is 18.8.